The fourth-order valence-corrected chi connectivity index (χ4v) is 3.89. The van der Waals surface area contributed by atoms with Crippen LogP contribution in [0.2, 0.25) is 5.02 Å². The molecule has 1 heterocycles. The number of aromatic nitrogens is 3. The maximum Gasteiger partial charge on any atom is 0.294 e. The van der Waals surface area contributed by atoms with Gasteiger partial charge in [0.2, 0.25) is 11.1 Å². The summed E-state index contributed by atoms with van der Waals surface area (Å²) in [4.78, 5) is 24.9. The van der Waals surface area contributed by atoms with Crippen molar-refractivity contribution in [2.24, 2.45) is 0 Å². The number of nitrogens with two attached hydrogens (primary N) is 1. The number of rotatable bonds is 6. The summed E-state index contributed by atoms with van der Waals surface area (Å²) in [6.07, 6.45) is 0.289. The standard InChI is InChI=1S/C21H22ClN5O2S/c1-12-8-13(2)19(14(3)9-12)24-18(28)11-30-21-26-25-17(20(29)27(21)23)10-15-4-6-16(22)7-5-15/h4-9H,10-11,23H2,1-3H3,(H,24,28). The van der Waals surface area contributed by atoms with Gasteiger partial charge < -0.3 is 11.2 Å². The first kappa shape index (κ1) is 21.9. The molecule has 0 radical (unpaired) electrons. The quantitative estimate of drug-likeness (QED) is 0.447. The van der Waals surface area contributed by atoms with Crippen LogP contribution in [-0.4, -0.2) is 26.5 Å². The number of carbonyl (C=O) groups excluding carboxylic acids is 1. The summed E-state index contributed by atoms with van der Waals surface area (Å²) < 4.78 is 0.929. The second-order valence-electron chi connectivity index (χ2n) is 7.02. The Labute approximate surface area is 183 Å². The van der Waals surface area contributed by atoms with Crippen LogP contribution in [0, 0.1) is 20.8 Å². The van der Waals surface area contributed by atoms with Gasteiger partial charge in [0.25, 0.3) is 5.56 Å². The number of hydrogen-bond acceptors (Lipinski definition) is 6. The van der Waals surface area contributed by atoms with Gasteiger partial charge in [-0.2, -0.15) is 4.68 Å². The number of carbonyl (C=O) groups is 1. The Kier molecular flexibility index (Phi) is 6.79. The lowest BCUT2D eigenvalue weighted by molar-refractivity contribution is -0.113. The predicted molar refractivity (Wildman–Crippen MR) is 121 cm³/mol. The van der Waals surface area contributed by atoms with Gasteiger partial charge >= 0.3 is 0 Å². The molecule has 0 spiro atoms. The number of aryl methyl sites for hydroxylation is 3. The number of nitrogens with one attached hydrogen (secondary N) is 1. The van der Waals surface area contributed by atoms with Gasteiger partial charge in [0.15, 0.2) is 0 Å². The largest absolute Gasteiger partial charge is 0.334 e. The molecule has 2 aromatic carbocycles. The summed E-state index contributed by atoms with van der Waals surface area (Å²) in [6, 6.07) is 11.1. The molecule has 30 heavy (non-hydrogen) atoms. The predicted octanol–water partition coefficient (Wildman–Crippen LogP) is 3.25. The van der Waals surface area contributed by atoms with E-state index in [0.29, 0.717) is 5.02 Å². The lowest BCUT2D eigenvalue weighted by atomic mass is 10.1. The Morgan fingerprint density at radius 2 is 1.77 bits per heavy atom. The number of anilines is 1. The molecule has 0 bridgehead atoms. The lowest BCUT2D eigenvalue weighted by Crippen LogP contribution is -2.34. The topological polar surface area (TPSA) is 103 Å². The molecule has 0 fully saturated rings. The summed E-state index contributed by atoms with van der Waals surface area (Å²) in [5.74, 6) is 5.73. The van der Waals surface area contributed by atoms with Crippen LogP contribution in [0.5, 0.6) is 0 Å². The van der Waals surface area contributed by atoms with Crippen LogP contribution in [0.3, 0.4) is 0 Å². The monoisotopic (exact) mass is 443 g/mol. The van der Waals surface area contributed by atoms with E-state index in [0.717, 1.165) is 44.4 Å². The van der Waals surface area contributed by atoms with E-state index in [1.54, 1.807) is 12.1 Å². The number of halogens is 1. The molecule has 3 N–H and O–H groups in total. The summed E-state index contributed by atoms with van der Waals surface area (Å²) in [7, 11) is 0. The Morgan fingerprint density at radius 1 is 1.13 bits per heavy atom. The zero-order valence-electron chi connectivity index (χ0n) is 16.9. The van der Waals surface area contributed by atoms with Gasteiger partial charge in [-0.05, 0) is 49.6 Å². The van der Waals surface area contributed by atoms with E-state index in [2.05, 4.69) is 15.5 Å². The van der Waals surface area contributed by atoms with Crippen LogP contribution in [0.4, 0.5) is 5.69 Å². The van der Waals surface area contributed by atoms with Gasteiger partial charge in [-0.1, -0.05) is 53.2 Å². The normalized spacial score (nSPS) is 10.8. The molecule has 3 aromatic rings. The number of amides is 1. The van der Waals surface area contributed by atoms with Crippen LogP contribution in [0.15, 0.2) is 46.3 Å². The van der Waals surface area contributed by atoms with Crippen LogP contribution < -0.4 is 16.7 Å². The first-order valence-corrected chi connectivity index (χ1v) is 10.6. The Balaban J connectivity index is 1.67. The molecule has 1 amide bonds. The minimum Gasteiger partial charge on any atom is -0.334 e. The zero-order valence-corrected chi connectivity index (χ0v) is 18.5. The molecule has 0 saturated heterocycles. The summed E-state index contributed by atoms with van der Waals surface area (Å²) in [6.45, 7) is 5.91. The molecule has 0 aliphatic carbocycles. The first-order chi connectivity index (χ1) is 14.2. The van der Waals surface area contributed by atoms with Crippen molar-refractivity contribution in [3.05, 3.63) is 79.7 Å². The van der Waals surface area contributed by atoms with Crippen LogP contribution in [-0.2, 0) is 11.2 Å². The molecular weight excluding hydrogens is 422 g/mol. The number of benzene rings is 2. The highest BCUT2D eigenvalue weighted by Gasteiger charge is 2.14. The van der Waals surface area contributed by atoms with E-state index >= 15 is 0 Å². The molecule has 0 aliphatic heterocycles. The SMILES string of the molecule is Cc1cc(C)c(NC(=O)CSc2nnc(Cc3ccc(Cl)cc3)c(=O)n2N)c(C)c1. The van der Waals surface area contributed by atoms with E-state index in [1.165, 1.54) is 0 Å². The van der Waals surface area contributed by atoms with Crippen molar-refractivity contribution in [3.8, 4) is 0 Å². The molecule has 9 heteroatoms. The van der Waals surface area contributed by atoms with Crippen molar-refractivity contribution in [2.75, 3.05) is 16.9 Å². The van der Waals surface area contributed by atoms with Crippen LogP contribution in [0.25, 0.3) is 0 Å². The van der Waals surface area contributed by atoms with Crippen molar-refractivity contribution in [2.45, 2.75) is 32.3 Å². The van der Waals surface area contributed by atoms with Crippen molar-refractivity contribution >= 4 is 35.0 Å². The van der Waals surface area contributed by atoms with Gasteiger partial charge in [0.1, 0.15) is 5.69 Å². The summed E-state index contributed by atoms with van der Waals surface area (Å²) >= 11 is 6.93. The third kappa shape index (κ3) is 5.20. The van der Waals surface area contributed by atoms with Gasteiger partial charge in [0.05, 0.1) is 5.75 Å². The number of nitrogen functional groups attached to an aromatic ring is 1. The van der Waals surface area contributed by atoms with E-state index < -0.39 is 5.56 Å². The molecule has 0 aliphatic rings. The summed E-state index contributed by atoms with van der Waals surface area (Å²) in [5.41, 5.74) is 4.56. The number of thioether (sulfide) groups is 1. The third-order valence-corrected chi connectivity index (χ3v) is 5.68. The molecule has 0 unspecified atom stereocenters. The highest BCUT2D eigenvalue weighted by molar-refractivity contribution is 7.99. The second-order valence-corrected chi connectivity index (χ2v) is 8.40. The lowest BCUT2D eigenvalue weighted by Gasteiger charge is -2.13. The molecule has 3 rings (SSSR count). The van der Waals surface area contributed by atoms with Crippen molar-refractivity contribution in [1.82, 2.24) is 14.9 Å². The smallest absolute Gasteiger partial charge is 0.294 e. The fraction of sp³-hybridized carbons (Fsp3) is 0.238. The van der Waals surface area contributed by atoms with Crippen LogP contribution in [0.1, 0.15) is 27.9 Å². The third-order valence-electron chi connectivity index (χ3n) is 4.49. The van der Waals surface area contributed by atoms with Gasteiger partial charge in [-0.15, -0.1) is 10.2 Å². The van der Waals surface area contributed by atoms with E-state index in [1.807, 2.05) is 45.0 Å². The average molecular weight is 444 g/mol. The maximum absolute atomic E-state index is 12.5. The van der Waals surface area contributed by atoms with E-state index in [-0.39, 0.29) is 28.9 Å². The minimum absolute atomic E-state index is 0.0502. The Bertz CT molecular complexity index is 1120. The van der Waals surface area contributed by atoms with Crippen LogP contribution >= 0.6 is 23.4 Å². The maximum atomic E-state index is 12.5. The molecule has 7 nitrogen and oxygen atoms in total. The van der Waals surface area contributed by atoms with Gasteiger partial charge in [0, 0.05) is 17.1 Å². The molecule has 156 valence electrons. The van der Waals surface area contributed by atoms with Crippen molar-refractivity contribution in [1.29, 1.82) is 0 Å². The number of nitrogens with zero attached hydrogens (tertiary/aromatic N) is 3. The highest BCUT2D eigenvalue weighted by Crippen LogP contribution is 2.22. The Morgan fingerprint density at radius 3 is 2.40 bits per heavy atom. The second kappa shape index (κ2) is 9.32. The van der Waals surface area contributed by atoms with Crippen molar-refractivity contribution < 1.29 is 4.79 Å². The highest BCUT2D eigenvalue weighted by atomic mass is 35.5. The molecule has 0 saturated carbocycles. The molecule has 1 aromatic heterocycles. The average Bonchev–Trinajstić information content (AvgIpc) is 2.69. The van der Waals surface area contributed by atoms with E-state index in [4.69, 9.17) is 17.4 Å². The fourth-order valence-electron chi connectivity index (χ4n) is 3.11. The van der Waals surface area contributed by atoms with Crippen molar-refractivity contribution in [3.63, 3.8) is 0 Å². The minimum atomic E-state index is -0.451. The first-order valence-electron chi connectivity index (χ1n) is 9.23. The van der Waals surface area contributed by atoms with Gasteiger partial charge in [-0.25, -0.2) is 0 Å². The number of hydrogen-bond donors (Lipinski definition) is 2. The zero-order chi connectivity index (χ0) is 21.8. The van der Waals surface area contributed by atoms with Gasteiger partial charge in [-0.3, -0.25) is 9.59 Å². The Hall–Kier alpha value is -2.84. The molecule has 0 atom stereocenters. The molecular formula is C21H22ClN5O2S. The van der Waals surface area contributed by atoms with E-state index in [9.17, 15) is 9.59 Å². The summed E-state index contributed by atoms with van der Waals surface area (Å²) in [5, 5.41) is 11.7.